The summed E-state index contributed by atoms with van der Waals surface area (Å²) in [5.74, 6) is -0.126. The fourth-order valence-corrected chi connectivity index (χ4v) is 6.36. The summed E-state index contributed by atoms with van der Waals surface area (Å²) in [7, 11) is 1.62. The van der Waals surface area contributed by atoms with Gasteiger partial charge in [-0.2, -0.15) is 5.10 Å². The lowest BCUT2D eigenvalue weighted by Gasteiger charge is -2.36. The first-order valence-corrected chi connectivity index (χ1v) is 13.7. The van der Waals surface area contributed by atoms with Gasteiger partial charge < -0.3 is 9.47 Å². The quantitative estimate of drug-likeness (QED) is 0.400. The van der Waals surface area contributed by atoms with Crippen molar-refractivity contribution >= 4 is 34.1 Å². The second kappa shape index (κ2) is 10.6. The molecule has 200 valence electrons. The van der Waals surface area contributed by atoms with Gasteiger partial charge in [-0.25, -0.2) is 5.01 Å². The van der Waals surface area contributed by atoms with E-state index in [0.717, 1.165) is 52.6 Å². The monoisotopic (exact) mass is 524 g/mol. The molecule has 1 heterocycles. The first kappa shape index (κ1) is 25.3. The number of Topliss-reactive ketones (excluding diaryl/α,β-unsaturated/α-hetero) is 1. The lowest BCUT2D eigenvalue weighted by atomic mass is 9.67. The van der Waals surface area contributed by atoms with Gasteiger partial charge in [-0.05, 0) is 65.8 Å². The van der Waals surface area contributed by atoms with Crippen molar-refractivity contribution in [2.45, 2.75) is 44.6 Å². The third kappa shape index (κ3) is 5.05. The van der Waals surface area contributed by atoms with Crippen LogP contribution in [0.1, 0.15) is 55.7 Å². The summed E-state index contributed by atoms with van der Waals surface area (Å²) in [6.07, 6.45) is 4.35. The number of nitrogens with zero attached hydrogens (tertiary/aromatic N) is 2. The fourth-order valence-electron chi connectivity index (χ4n) is 6.36. The van der Waals surface area contributed by atoms with E-state index in [1.54, 1.807) is 7.11 Å². The lowest BCUT2D eigenvalue weighted by molar-refractivity contribution is -0.159. The molecular weight excluding hydrogens is 492 g/mol. The molecule has 4 atom stereocenters. The minimum Gasteiger partial charge on any atom is -0.497 e. The molecule has 0 aromatic heterocycles. The summed E-state index contributed by atoms with van der Waals surface area (Å²) in [6, 6.07) is 21.6. The number of carbonyl (C=O) groups is 3. The van der Waals surface area contributed by atoms with Crippen molar-refractivity contribution < 1.29 is 23.9 Å². The van der Waals surface area contributed by atoms with Crippen molar-refractivity contribution in [1.29, 1.82) is 0 Å². The van der Waals surface area contributed by atoms with E-state index in [-0.39, 0.29) is 42.3 Å². The number of ketones is 1. The van der Waals surface area contributed by atoms with Crippen LogP contribution in [0, 0.1) is 17.8 Å². The highest BCUT2D eigenvalue weighted by atomic mass is 16.5. The van der Waals surface area contributed by atoms with Gasteiger partial charge in [-0.3, -0.25) is 14.4 Å². The molecule has 0 N–H and O–H groups in total. The van der Waals surface area contributed by atoms with Gasteiger partial charge in [0, 0.05) is 18.3 Å². The van der Waals surface area contributed by atoms with Crippen molar-refractivity contribution in [3.63, 3.8) is 0 Å². The molecule has 2 saturated carbocycles. The summed E-state index contributed by atoms with van der Waals surface area (Å²) in [5.41, 5.74) is 2.69. The van der Waals surface area contributed by atoms with E-state index in [9.17, 15) is 14.4 Å². The molecule has 39 heavy (non-hydrogen) atoms. The SMILES string of the molecule is COc1ccc([C@H]2CC(c3ccc4ccccc4c3)=NN2C(=O)COC(=O)C2C[C@H]3CCC[C@@H](C2)C3=O)cc1. The van der Waals surface area contributed by atoms with E-state index < -0.39 is 0 Å². The van der Waals surface area contributed by atoms with Gasteiger partial charge in [-0.1, -0.05) is 55.0 Å². The normalized spacial score (nSPS) is 24.4. The predicted octanol–water partition coefficient (Wildman–Crippen LogP) is 5.46. The Labute approximate surface area is 227 Å². The standard InChI is InChI=1S/C32H32N2O5/c1-38-27-13-11-21(12-14-27)29-18-28(23-10-9-20-5-2-3-6-22(20)15-23)33-34(29)30(35)19-39-32(37)26-16-24-7-4-8-25(17-26)31(24)36/h2-3,5-6,9-15,24-26,29H,4,7-8,16-19H2,1H3/t24-,25+,26?,29-/m1/s1. The maximum absolute atomic E-state index is 13.4. The third-order valence-corrected chi connectivity index (χ3v) is 8.47. The first-order valence-electron chi connectivity index (χ1n) is 13.7. The van der Waals surface area contributed by atoms with Crippen molar-refractivity contribution in [2.75, 3.05) is 13.7 Å². The Morgan fingerprint density at radius 3 is 2.38 bits per heavy atom. The number of rotatable bonds is 6. The minimum absolute atomic E-state index is 0.0436. The minimum atomic E-state index is -0.383. The predicted molar refractivity (Wildman–Crippen MR) is 147 cm³/mol. The van der Waals surface area contributed by atoms with Gasteiger partial charge in [0.1, 0.15) is 11.5 Å². The topological polar surface area (TPSA) is 85.3 Å². The molecule has 7 nitrogen and oxygen atoms in total. The van der Waals surface area contributed by atoms with Gasteiger partial charge >= 0.3 is 5.97 Å². The molecule has 1 unspecified atom stereocenters. The number of benzene rings is 3. The summed E-state index contributed by atoms with van der Waals surface area (Å²) in [5, 5.41) is 8.45. The van der Waals surface area contributed by atoms with Gasteiger partial charge in [0.05, 0.1) is 24.8 Å². The Kier molecular flexibility index (Phi) is 6.90. The molecule has 2 bridgehead atoms. The average molecular weight is 525 g/mol. The number of ether oxygens (including phenoxy) is 2. The first-order chi connectivity index (χ1) is 19.0. The second-order valence-corrected chi connectivity index (χ2v) is 10.8. The Morgan fingerprint density at radius 2 is 1.67 bits per heavy atom. The van der Waals surface area contributed by atoms with Gasteiger partial charge in [0.2, 0.25) is 0 Å². The molecular formula is C32H32N2O5. The molecule has 7 heteroatoms. The summed E-state index contributed by atoms with van der Waals surface area (Å²) in [6.45, 7) is -0.375. The number of fused-ring (bicyclic) bond motifs is 3. The van der Waals surface area contributed by atoms with Gasteiger partial charge in [-0.15, -0.1) is 0 Å². The summed E-state index contributed by atoms with van der Waals surface area (Å²) >= 11 is 0. The lowest BCUT2D eigenvalue weighted by Crippen LogP contribution is -2.40. The molecule has 3 aliphatic rings. The number of hydrogen-bond acceptors (Lipinski definition) is 6. The highest BCUT2D eigenvalue weighted by Crippen LogP contribution is 2.40. The van der Waals surface area contributed by atoms with Crippen LogP contribution in [0.5, 0.6) is 5.75 Å². The highest BCUT2D eigenvalue weighted by Gasteiger charge is 2.42. The van der Waals surface area contributed by atoms with Crippen LogP contribution in [0.3, 0.4) is 0 Å². The summed E-state index contributed by atoms with van der Waals surface area (Å²) in [4.78, 5) is 38.8. The van der Waals surface area contributed by atoms with Crippen LogP contribution in [0.4, 0.5) is 0 Å². The van der Waals surface area contributed by atoms with Crippen molar-refractivity contribution in [1.82, 2.24) is 5.01 Å². The number of carbonyl (C=O) groups excluding carboxylic acids is 3. The highest BCUT2D eigenvalue weighted by molar-refractivity contribution is 6.05. The van der Waals surface area contributed by atoms with Crippen molar-refractivity contribution in [2.24, 2.45) is 22.9 Å². The van der Waals surface area contributed by atoms with Crippen LogP contribution >= 0.6 is 0 Å². The molecule has 2 fully saturated rings. The van der Waals surface area contributed by atoms with Gasteiger partial charge in [0.25, 0.3) is 5.91 Å². The summed E-state index contributed by atoms with van der Waals surface area (Å²) < 4.78 is 10.9. The molecule has 2 aliphatic carbocycles. The van der Waals surface area contributed by atoms with Crippen molar-refractivity contribution in [3.05, 3.63) is 77.9 Å². The molecule has 0 saturated heterocycles. The number of esters is 1. The maximum Gasteiger partial charge on any atom is 0.309 e. The largest absolute Gasteiger partial charge is 0.497 e. The maximum atomic E-state index is 13.4. The van der Waals surface area contributed by atoms with Crippen LogP contribution in [-0.4, -0.2) is 42.1 Å². The van der Waals surface area contributed by atoms with E-state index in [1.807, 2.05) is 42.5 Å². The molecule has 6 rings (SSSR count). The van der Waals surface area contributed by atoms with Gasteiger partial charge in [0.15, 0.2) is 6.61 Å². The Morgan fingerprint density at radius 1 is 0.949 bits per heavy atom. The molecule has 1 aliphatic heterocycles. The number of methoxy groups -OCH3 is 1. The van der Waals surface area contributed by atoms with Crippen LogP contribution in [0.2, 0.25) is 0 Å². The van der Waals surface area contributed by atoms with E-state index >= 15 is 0 Å². The Hall–Kier alpha value is -4.00. The zero-order chi connectivity index (χ0) is 26.9. The third-order valence-electron chi connectivity index (χ3n) is 8.47. The van der Waals surface area contributed by atoms with E-state index in [2.05, 4.69) is 24.3 Å². The second-order valence-electron chi connectivity index (χ2n) is 10.8. The average Bonchev–Trinajstić information content (AvgIpc) is 3.41. The van der Waals surface area contributed by atoms with E-state index in [4.69, 9.17) is 14.6 Å². The smallest absolute Gasteiger partial charge is 0.309 e. The van der Waals surface area contributed by atoms with E-state index in [0.29, 0.717) is 25.0 Å². The zero-order valence-corrected chi connectivity index (χ0v) is 22.0. The van der Waals surface area contributed by atoms with Crippen LogP contribution in [0.15, 0.2) is 71.8 Å². The molecule has 3 aromatic carbocycles. The number of amides is 1. The molecule has 1 amide bonds. The Balaban J connectivity index is 1.20. The Bertz CT molecular complexity index is 1430. The molecule has 3 aromatic rings. The number of hydrogen-bond donors (Lipinski definition) is 0. The zero-order valence-electron chi connectivity index (χ0n) is 22.0. The van der Waals surface area contributed by atoms with Crippen LogP contribution in [-0.2, 0) is 19.1 Å². The molecule has 0 radical (unpaired) electrons. The number of hydrazone groups is 1. The van der Waals surface area contributed by atoms with Crippen molar-refractivity contribution in [3.8, 4) is 5.75 Å². The fraction of sp³-hybridized carbons (Fsp3) is 0.375. The van der Waals surface area contributed by atoms with Crippen LogP contribution in [0.25, 0.3) is 10.8 Å². The molecule has 0 spiro atoms. The van der Waals surface area contributed by atoms with E-state index in [1.165, 1.54) is 5.01 Å². The van der Waals surface area contributed by atoms with Crippen LogP contribution < -0.4 is 4.74 Å².